The van der Waals surface area contributed by atoms with Crippen LogP contribution in [-0.4, -0.2) is 68.3 Å². The molecule has 1 aromatic carbocycles. The molecule has 0 spiro atoms. The lowest BCUT2D eigenvalue weighted by molar-refractivity contribution is 0.0437. The van der Waals surface area contributed by atoms with Gasteiger partial charge in [0.1, 0.15) is 11.4 Å². The monoisotopic (exact) mass is 555 g/mol. The van der Waals surface area contributed by atoms with E-state index in [0.717, 1.165) is 58.2 Å². The highest BCUT2D eigenvalue weighted by Crippen LogP contribution is 2.21. The molecular formula is C24H38IN5O2. The van der Waals surface area contributed by atoms with Gasteiger partial charge < -0.3 is 25.1 Å². The van der Waals surface area contributed by atoms with Crippen molar-refractivity contribution in [3.8, 4) is 0 Å². The Kier molecular flexibility index (Phi) is 10.8. The fourth-order valence-electron chi connectivity index (χ4n) is 3.80. The van der Waals surface area contributed by atoms with Crippen LogP contribution in [0, 0.1) is 6.92 Å². The van der Waals surface area contributed by atoms with Crippen LogP contribution in [0.4, 0.5) is 5.69 Å². The van der Waals surface area contributed by atoms with Gasteiger partial charge in [-0.05, 0) is 63.6 Å². The minimum Gasteiger partial charge on any atom is -0.466 e. The number of aryl methyl sites for hydroxylation is 1. The van der Waals surface area contributed by atoms with Crippen molar-refractivity contribution in [2.75, 3.05) is 57.3 Å². The molecule has 1 aliphatic rings. The summed E-state index contributed by atoms with van der Waals surface area (Å²) < 4.78 is 5.33. The summed E-state index contributed by atoms with van der Waals surface area (Å²) in [5.41, 5.74) is 1.52. The number of hydrogen-bond acceptors (Lipinski definition) is 5. The van der Waals surface area contributed by atoms with Crippen molar-refractivity contribution in [2.45, 2.75) is 32.8 Å². The Labute approximate surface area is 209 Å². The molecule has 3 N–H and O–H groups in total. The summed E-state index contributed by atoms with van der Waals surface area (Å²) in [6.45, 7) is 13.1. The van der Waals surface area contributed by atoms with Crippen molar-refractivity contribution in [3.63, 3.8) is 0 Å². The molecule has 0 aliphatic carbocycles. The Morgan fingerprint density at radius 1 is 1.16 bits per heavy atom. The van der Waals surface area contributed by atoms with Crippen LogP contribution in [0.3, 0.4) is 0 Å². The summed E-state index contributed by atoms with van der Waals surface area (Å²) in [7, 11) is 0. The van der Waals surface area contributed by atoms with Gasteiger partial charge in [-0.3, -0.25) is 4.90 Å². The first kappa shape index (κ1) is 26.5. The van der Waals surface area contributed by atoms with Crippen LogP contribution < -0.4 is 15.5 Å². The smallest absolute Gasteiger partial charge is 0.191 e. The molecule has 2 aromatic rings. The number of nitrogens with one attached hydrogen (secondary N) is 2. The molecule has 3 rings (SSSR count). The lowest BCUT2D eigenvalue weighted by Crippen LogP contribution is -2.47. The lowest BCUT2D eigenvalue weighted by atomic mass is 10.0. The molecule has 1 unspecified atom stereocenters. The van der Waals surface area contributed by atoms with E-state index in [1.165, 1.54) is 11.3 Å². The van der Waals surface area contributed by atoms with Crippen LogP contribution in [0.25, 0.3) is 0 Å². The number of piperazine rings is 1. The molecule has 7 nitrogen and oxygen atoms in total. The zero-order chi connectivity index (χ0) is 22.1. The molecule has 8 heteroatoms. The second-order valence-corrected chi connectivity index (χ2v) is 8.39. The number of hydrogen-bond donors (Lipinski definition) is 3. The third kappa shape index (κ3) is 7.97. The second-order valence-electron chi connectivity index (χ2n) is 8.39. The maximum atomic E-state index is 10.6. The molecule has 1 aliphatic heterocycles. The summed E-state index contributed by atoms with van der Waals surface area (Å²) in [6, 6.07) is 12.3. The third-order valence-electron chi connectivity index (χ3n) is 5.62. The number of furan rings is 1. The molecule has 2 heterocycles. The fraction of sp³-hybridized carbons (Fsp3) is 0.542. The molecular weight excluding hydrogens is 517 g/mol. The molecule has 0 saturated carbocycles. The number of guanidine groups is 1. The van der Waals surface area contributed by atoms with Gasteiger partial charge in [-0.1, -0.05) is 12.1 Å². The van der Waals surface area contributed by atoms with Gasteiger partial charge in [0.15, 0.2) is 5.96 Å². The van der Waals surface area contributed by atoms with Crippen LogP contribution in [0.5, 0.6) is 0 Å². The average Bonchev–Trinajstić information content (AvgIpc) is 3.31. The molecule has 1 atom stereocenters. The minimum absolute atomic E-state index is 0. The van der Waals surface area contributed by atoms with E-state index in [2.05, 4.69) is 56.6 Å². The van der Waals surface area contributed by atoms with Crippen molar-refractivity contribution < 1.29 is 9.52 Å². The second kappa shape index (κ2) is 13.1. The summed E-state index contributed by atoms with van der Waals surface area (Å²) in [4.78, 5) is 9.54. The highest BCUT2D eigenvalue weighted by atomic mass is 127. The van der Waals surface area contributed by atoms with E-state index in [-0.39, 0.29) is 30.5 Å². The molecule has 0 bridgehead atoms. The van der Waals surface area contributed by atoms with Crippen molar-refractivity contribution in [3.05, 3.63) is 54.0 Å². The normalized spacial score (nSPS) is 16.9. The Hall–Kier alpha value is -1.78. The van der Waals surface area contributed by atoms with Gasteiger partial charge >= 0.3 is 0 Å². The van der Waals surface area contributed by atoms with E-state index >= 15 is 0 Å². The van der Waals surface area contributed by atoms with Gasteiger partial charge in [0.25, 0.3) is 0 Å². The zero-order valence-corrected chi connectivity index (χ0v) is 21.8. The minimum atomic E-state index is -1.12. The zero-order valence-electron chi connectivity index (χ0n) is 19.5. The predicted octanol–water partition coefficient (Wildman–Crippen LogP) is 3.18. The number of halogens is 1. The summed E-state index contributed by atoms with van der Waals surface area (Å²) in [5.74, 6) is 1.25. The molecule has 1 aromatic heterocycles. The number of nitrogens with zero attached hydrogens (tertiary/aromatic N) is 3. The summed E-state index contributed by atoms with van der Waals surface area (Å²) in [5, 5.41) is 17.2. The topological polar surface area (TPSA) is 76.3 Å². The predicted molar refractivity (Wildman–Crippen MR) is 142 cm³/mol. The Morgan fingerprint density at radius 3 is 2.59 bits per heavy atom. The molecule has 178 valence electrons. The van der Waals surface area contributed by atoms with Gasteiger partial charge in [0, 0.05) is 45.0 Å². The molecule has 0 radical (unpaired) electrons. The number of benzene rings is 1. The van der Waals surface area contributed by atoms with Crippen LogP contribution in [-0.2, 0) is 5.60 Å². The standard InChI is InChI=1S/C24H37N5O2.HI/c1-4-25-23(27-19-24(3,30)22-10-6-17-31-22)26-11-7-12-28-13-15-29(16-14-28)21-9-5-8-20(2)18-21;/h5-6,8-10,17-18,30H,4,7,11-16,19H2,1-3H3,(H2,25,26,27);1H. The van der Waals surface area contributed by atoms with Gasteiger partial charge in [0.05, 0.1) is 12.8 Å². The van der Waals surface area contributed by atoms with Gasteiger partial charge in [0.2, 0.25) is 0 Å². The maximum Gasteiger partial charge on any atom is 0.191 e. The SMILES string of the molecule is CCNC(=NCC(C)(O)c1ccco1)NCCCN1CCN(c2cccc(C)c2)CC1.I. The van der Waals surface area contributed by atoms with Gasteiger partial charge in [-0.15, -0.1) is 24.0 Å². The highest BCUT2D eigenvalue weighted by molar-refractivity contribution is 14.0. The van der Waals surface area contributed by atoms with E-state index in [0.29, 0.717) is 5.76 Å². The largest absolute Gasteiger partial charge is 0.466 e. The molecule has 1 fully saturated rings. The number of aliphatic imine (C=N–C) groups is 1. The van der Waals surface area contributed by atoms with Crippen molar-refractivity contribution in [1.29, 1.82) is 0 Å². The van der Waals surface area contributed by atoms with Gasteiger partial charge in [-0.25, -0.2) is 4.99 Å². The fourth-order valence-corrected chi connectivity index (χ4v) is 3.80. The van der Waals surface area contributed by atoms with E-state index in [4.69, 9.17) is 4.42 Å². The first-order valence-corrected chi connectivity index (χ1v) is 11.3. The lowest BCUT2D eigenvalue weighted by Gasteiger charge is -2.36. The Bertz CT molecular complexity index is 818. The van der Waals surface area contributed by atoms with Crippen LogP contribution >= 0.6 is 24.0 Å². The van der Waals surface area contributed by atoms with Crippen LogP contribution in [0.1, 0.15) is 31.6 Å². The average molecular weight is 556 g/mol. The maximum absolute atomic E-state index is 10.6. The molecule has 1 saturated heterocycles. The summed E-state index contributed by atoms with van der Waals surface area (Å²) in [6.07, 6.45) is 2.61. The number of aliphatic hydroxyl groups is 1. The van der Waals surface area contributed by atoms with E-state index in [1.807, 2.05) is 6.92 Å². The third-order valence-corrected chi connectivity index (χ3v) is 5.62. The Balaban J connectivity index is 0.00000363. The molecule has 32 heavy (non-hydrogen) atoms. The van der Waals surface area contributed by atoms with E-state index < -0.39 is 5.60 Å². The first-order chi connectivity index (χ1) is 15.0. The summed E-state index contributed by atoms with van der Waals surface area (Å²) >= 11 is 0. The Morgan fingerprint density at radius 2 is 1.94 bits per heavy atom. The highest BCUT2D eigenvalue weighted by Gasteiger charge is 2.26. The van der Waals surface area contributed by atoms with Crippen molar-refractivity contribution >= 4 is 35.6 Å². The van der Waals surface area contributed by atoms with Crippen molar-refractivity contribution in [2.24, 2.45) is 4.99 Å². The number of anilines is 1. The van der Waals surface area contributed by atoms with E-state index in [1.54, 1.807) is 25.3 Å². The number of rotatable bonds is 9. The van der Waals surface area contributed by atoms with Crippen LogP contribution in [0.2, 0.25) is 0 Å². The van der Waals surface area contributed by atoms with Crippen molar-refractivity contribution in [1.82, 2.24) is 15.5 Å². The first-order valence-electron chi connectivity index (χ1n) is 11.3. The quantitative estimate of drug-likeness (QED) is 0.191. The molecule has 0 amide bonds. The van der Waals surface area contributed by atoms with E-state index in [9.17, 15) is 5.11 Å². The van der Waals surface area contributed by atoms with Crippen LogP contribution in [0.15, 0.2) is 52.1 Å². The van der Waals surface area contributed by atoms with Gasteiger partial charge in [-0.2, -0.15) is 0 Å².